The highest BCUT2D eigenvalue weighted by Crippen LogP contribution is 2.12. The van der Waals surface area contributed by atoms with Crippen molar-refractivity contribution in [1.82, 2.24) is 15.5 Å². The zero-order valence-electron chi connectivity index (χ0n) is 15.7. The fourth-order valence-electron chi connectivity index (χ4n) is 2.95. The largest absolute Gasteiger partial charge is 0.375 e. The van der Waals surface area contributed by atoms with Crippen molar-refractivity contribution in [2.24, 2.45) is 4.99 Å². The fraction of sp³-hybridized carbons (Fsp3) is 0.632. The number of piperidine rings is 1. The molecule has 1 heterocycles. The van der Waals surface area contributed by atoms with Crippen LogP contribution >= 0.6 is 24.0 Å². The molecule has 0 aromatic heterocycles. The third-order valence-electron chi connectivity index (χ3n) is 4.47. The summed E-state index contributed by atoms with van der Waals surface area (Å²) in [5, 5.41) is 6.87. The molecule has 1 saturated heterocycles. The van der Waals surface area contributed by atoms with E-state index in [-0.39, 0.29) is 24.0 Å². The Bertz CT molecular complexity index is 487. The molecule has 1 aliphatic rings. The maximum atomic E-state index is 5.69. The number of benzene rings is 1. The van der Waals surface area contributed by atoms with Gasteiger partial charge in [-0.2, -0.15) is 0 Å². The summed E-state index contributed by atoms with van der Waals surface area (Å²) in [6.45, 7) is 8.94. The molecule has 0 bridgehead atoms. The first-order chi connectivity index (χ1) is 11.7. The normalized spacial score (nSPS) is 16.6. The molecule has 0 atom stereocenters. The molecule has 1 fully saturated rings. The SMILES string of the molecule is CN=C(NCCOCc1ccccc1)NC1CCN(C(C)C)CC1.I. The monoisotopic (exact) mass is 460 g/mol. The minimum Gasteiger partial charge on any atom is -0.375 e. The van der Waals surface area contributed by atoms with Gasteiger partial charge in [0.15, 0.2) is 5.96 Å². The van der Waals surface area contributed by atoms with Crippen molar-refractivity contribution in [1.29, 1.82) is 0 Å². The van der Waals surface area contributed by atoms with Crippen molar-refractivity contribution >= 4 is 29.9 Å². The second-order valence-electron chi connectivity index (χ2n) is 6.59. The number of aliphatic imine (C=N–C) groups is 1. The van der Waals surface area contributed by atoms with Crippen LogP contribution in [0.3, 0.4) is 0 Å². The number of nitrogens with one attached hydrogen (secondary N) is 2. The van der Waals surface area contributed by atoms with Crippen LogP contribution in [0.2, 0.25) is 0 Å². The number of nitrogens with zero attached hydrogens (tertiary/aromatic N) is 2. The third-order valence-corrected chi connectivity index (χ3v) is 4.47. The molecule has 2 rings (SSSR count). The maximum Gasteiger partial charge on any atom is 0.191 e. The summed E-state index contributed by atoms with van der Waals surface area (Å²) in [5.41, 5.74) is 1.21. The van der Waals surface area contributed by atoms with Crippen molar-refractivity contribution in [3.8, 4) is 0 Å². The topological polar surface area (TPSA) is 48.9 Å². The average Bonchev–Trinajstić information content (AvgIpc) is 2.61. The average molecular weight is 460 g/mol. The minimum absolute atomic E-state index is 0. The van der Waals surface area contributed by atoms with Gasteiger partial charge in [0, 0.05) is 38.8 Å². The molecule has 0 spiro atoms. The van der Waals surface area contributed by atoms with E-state index in [0.29, 0.717) is 25.3 Å². The lowest BCUT2D eigenvalue weighted by molar-refractivity contribution is 0.125. The van der Waals surface area contributed by atoms with Crippen LogP contribution < -0.4 is 10.6 Å². The standard InChI is InChI=1S/C19H32N4O.HI/c1-16(2)23-12-9-18(10-13-23)22-19(20-3)21-11-14-24-15-17-7-5-4-6-8-17;/h4-8,16,18H,9-15H2,1-3H3,(H2,20,21,22);1H. The minimum atomic E-state index is 0. The smallest absolute Gasteiger partial charge is 0.191 e. The first-order valence-corrected chi connectivity index (χ1v) is 9.02. The molecule has 0 saturated carbocycles. The Morgan fingerprint density at radius 1 is 1.24 bits per heavy atom. The van der Waals surface area contributed by atoms with Crippen molar-refractivity contribution in [2.75, 3.05) is 33.3 Å². The lowest BCUT2D eigenvalue weighted by Gasteiger charge is -2.35. The Balaban J connectivity index is 0.00000312. The van der Waals surface area contributed by atoms with Gasteiger partial charge in [0.2, 0.25) is 0 Å². The quantitative estimate of drug-likeness (QED) is 0.285. The van der Waals surface area contributed by atoms with Gasteiger partial charge in [-0.1, -0.05) is 30.3 Å². The Hall–Kier alpha value is -0.860. The Kier molecular flexibility index (Phi) is 11.1. The maximum absolute atomic E-state index is 5.69. The highest BCUT2D eigenvalue weighted by Gasteiger charge is 2.21. The van der Waals surface area contributed by atoms with Crippen LogP contribution in [0.5, 0.6) is 0 Å². The van der Waals surface area contributed by atoms with E-state index in [2.05, 4.69) is 46.5 Å². The van der Waals surface area contributed by atoms with E-state index in [4.69, 9.17) is 4.74 Å². The van der Waals surface area contributed by atoms with Gasteiger partial charge in [-0.3, -0.25) is 4.99 Å². The molecule has 2 N–H and O–H groups in total. The molecule has 1 aromatic carbocycles. The Morgan fingerprint density at radius 2 is 1.92 bits per heavy atom. The summed E-state index contributed by atoms with van der Waals surface area (Å²) in [6, 6.07) is 11.4. The Morgan fingerprint density at radius 3 is 2.52 bits per heavy atom. The molecule has 0 unspecified atom stereocenters. The first-order valence-electron chi connectivity index (χ1n) is 9.02. The number of rotatable bonds is 7. The number of hydrogen-bond donors (Lipinski definition) is 2. The van der Waals surface area contributed by atoms with Crippen LogP contribution in [-0.2, 0) is 11.3 Å². The molecule has 5 nitrogen and oxygen atoms in total. The van der Waals surface area contributed by atoms with Crippen LogP contribution in [0.1, 0.15) is 32.3 Å². The lowest BCUT2D eigenvalue weighted by Crippen LogP contribution is -2.50. The molecule has 1 aromatic rings. The van der Waals surface area contributed by atoms with Crippen molar-refractivity contribution in [2.45, 2.75) is 45.4 Å². The van der Waals surface area contributed by atoms with Crippen LogP contribution in [0.4, 0.5) is 0 Å². The van der Waals surface area contributed by atoms with Gasteiger partial charge in [-0.25, -0.2) is 0 Å². The summed E-state index contributed by atoms with van der Waals surface area (Å²) >= 11 is 0. The summed E-state index contributed by atoms with van der Waals surface area (Å²) in [6.07, 6.45) is 2.34. The molecule has 1 aliphatic heterocycles. The lowest BCUT2D eigenvalue weighted by atomic mass is 10.0. The van der Waals surface area contributed by atoms with E-state index in [1.165, 1.54) is 18.4 Å². The summed E-state index contributed by atoms with van der Waals surface area (Å²) in [5.74, 6) is 0.876. The molecular formula is C19H33IN4O. The van der Waals surface area contributed by atoms with Gasteiger partial charge in [0.25, 0.3) is 0 Å². The fourth-order valence-corrected chi connectivity index (χ4v) is 2.95. The number of guanidine groups is 1. The molecule has 0 amide bonds. The van der Waals surface area contributed by atoms with Gasteiger partial charge in [-0.15, -0.1) is 24.0 Å². The van der Waals surface area contributed by atoms with Gasteiger partial charge >= 0.3 is 0 Å². The summed E-state index contributed by atoms with van der Waals surface area (Å²) in [4.78, 5) is 6.85. The van der Waals surface area contributed by atoms with Crippen molar-refractivity contribution < 1.29 is 4.74 Å². The van der Waals surface area contributed by atoms with Crippen LogP contribution in [0.25, 0.3) is 0 Å². The van der Waals surface area contributed by atoms with Crippen LogP contribution in [-0.4, -0.2) is 56.2 Å². The summed E-state index contributed by atoms with van der Waals surface area (Å²) < 4.78 is 5.69. The van der Waals surface area contributed by atoms with E-state index in [1.54, 1.807) is 0 Å². The molecule has 142 valence electrons. The first kappa shape index (κ1) is 22.2. The number of likely N-dealkylation sites (tertiary alicyclic amines) is 1. The third kappa shape index (κ3) is 8.37. The van der Waals surface area contributed by atoms with E-state index in [9.17, 15) is 0 Å². The second-order valence-corrected chi connectivity index (χ2v) is 6.59. The molecule has 0 radical (unpaired) electrons. The number of ether oxygens (including phenoxy) is 1. The number of hydrogen-bond acceptors (Lipinski definition) is 3. The van der Waals surface area contributed by atoms with E-state index in [0.717, 1.165) is 25.6 Å². The molecular weight excluding hydrogens is 427 g/mol. The van der Waals surface area contributed by atoms with Crippen molar-refractivity contribution in [3.63, 3.8) is 0 Å². The van der Waals surface area contributed by atoms with Crippen LogP contribution in [0, 0.1) is 0 Å². The summed E-state index contributed by atoms with van der Waals surface area (Å²) in [7, 11) is 1.82. The predicted octanol–water partition coefficient (Wildman–Crippen LogP) is 2.86. The zero-order chi connectivity index (χ0) is 17.2. The highest BCUT2D eigenvalue weighted by molar-refractivity contribution is 14.0. The van der Waals surface area contributed by atoms with E-state index >= 15 is 0 Å². The Labute approximate surface area is 169 Å². The van der Waals surface area contributed by atoms with Crippen LogP contribution in [0.15, 0.2) is 35.3 Å². The number of halogens is 1. The van der Waals surface area contributed by atoms with Gasteiger partial charge in [0.1, 0.15) is 0 Å². The molecule has 25 heavy (non-hydrogen) atoms. The molecule has 6 heteroatoms. The second kappa shape index (κ2) is 12.5. The van der Waals surface area contributed by atoms with E-state index in [1.807, 2.05) is 25.2 Å². The van der Waals surface area contributed by atoms with Crippen molar-refractivity contribution in [3.05, 3.63) is 35.9 Å². The van der Waals surface area contributed by atoms with Gasteiger partial charge in [0.05, 0.1) is 13.2 Å². The molecule has 0 aliphatic carbocycles. The van der Waals surface area contributed by atoms with E-state index < -0.39 is 0 Å². The highest BCUT2D eigenvalue weighted by atomic mass is 127. The van der Waals surface area contributed by atoms with Gasteiger partial charge < -0.3 is 20.3 Å². The zero-order valence-corrected chi connectivity index (χ0v) is 18.0. The predicted molar refractivity (Wildman–Crippen MR) is 116 cm³/mol. The van der Waals surface area contributed by atoms with Gasteiger partial charge in [-0.05, 0) is 32.3 Å².